The Balaban J connectivity index is 2.18. The average molecular weight is 283 g/mol. The number of carbonyl (C=O) groups is 1. The number of anilines is 1. The zero-order valence-corrected chi connectivity index (χ0v) is 12.5. The number of aromatic nitrogens is 2. The largest absolute Gasteiger partial charge is 0.407 e. The minimum atomic E-state index is 0.0256. The van der Waals surface area contributed by atoms with Crippen LogP contribution in [0.4, 0.5) is 6.01 Å². The lowest BCUT2D eigenvalue weighted by Crippen LogP contribution is -2.25. The maximum absolute atomic E-state index is 11.4. The second-order valence-electron chi connectivity index (χ2n) is 5.05. The lowest BCUT2D eigenvalue weighted by atomic mass is 10.2. The molecule has 0 aliphatic rings. The third-order valence-corrected chi connectivity index (χ3v) is 2.50. The van der Waals surface area contributed by atoms with Crippen molar-refractivity contribution in [3.05, 3.63) is 5.89 Å². The Morgan fingerprint density at radius 2 is 2.10 bits per heavy atom. The Kier molecular flexibility index (Phi) is 7.64. The Morgan fingerprint density at radius 3 is 2.80 bits per heavy atom. The van der Waals surface area contributed by atoms with Crippen molar-refractivity contribution in [2.75, 3.05) is 25.0 Å². The highest BCUT2D eigenvalue weighted by atomic mass is 16.4. The van der Waals surface area contributed by atoms with Gasteiger partial charge < -0.3 is 20.4 Å². The summed E-state index contributed by atoms with van der Waals surface area (Å²) in [4.78, 5) is 11.4. The van der Waals surface area contributed by atoms with Gasteiger partial charge in [0.1, 0.15) is 0 Å². The van der Waals surface area contributed by atoms with E-state index in [-0.39, 0.29) is 5.91 Å². The van der Waals surface area contributed by atoms with Crippen LogP contribution in [0.5, 0.6) is 0 Å². The van der Waals surface area contributed by atoms with Crippen molar-refractivity contribution in [3.63, 3.8) is 0 Å². The van der Waals surface area contributed by atoms with Crippen LogP contribution in [-0.4, -0.2) is 35.7 Å². The molecule has 1 aromatic heterocycles. The van der Waals surface area contributed by atoms with Gasteiger partial charge in [0.2, 0.25) is 11.8 Å². The summed E-state index contributed by atoms with van der Waals surface area (Å²) < 4.78 is 5.40. The number of rotatable bonds is 10. The summed E-state index contributed by atoms with van der Waals surface area (Å²) in [6.07, 6.45) is 1.33. The number of hydrogen-bond donors (Lipinski definition) is 3. The lowest BCUT2D eigenvalue weighted by Gasteiger charge is -2.04. The number of nitrogens with zero attached hydrogens (tertiary/aromatic N) is 2. The molecule has 0 spiro atoms. The van der Waals surface area contributed by atoms with Crippen LogP contribution in [0.1, 0.15) is 39.5 Å². The van der Waals surface area contributed by atoms with Crippen LogP contribution in [0.2, 0.25) is 0 Å². The van der Waals surface area contributed by atoms with Crippen LogP contribution >= 0.6 is 0 Å². The van der Waals surface area contributed by atoms with E-state index in [1.54, 1.807) is 0 Å². The molecule has 1 aromatic rings. The van der Waals surface area contributed by atoms with Crippen molar-refractivity contribution >= 4 is 11.9 Å². The van der Waals surface area contributed by atoms with Gasteiger partial charge in [0, 0.05) is 19.5 Å². The molecule has 1 amide bonds. The summed E-state index contributed by atoms with van der Waals surface area (Å²) in [6.45, 7) is 8.95. The van der Waals surface area contributed by atoms with Gasteiger partial charge in [0.25, 0.3) is 0 Å². The molecule has 3 N–H and O–H groups in total. The molecule has 114 valence electrons. The first-order chi connectivity index (χ1) is 9.61. The molecular formula is C13H25N5O2. The van der Waals surface area contributed by atoms with Crippen molar-refractivity contribution in [2.24, 2.45) is 5.92 Å². The molecule has 20 heavy (non-hydrogen) atoms. The highest BCUT2D eigenvalue weighted by Crippen LogP contribution is 2.05. The first kappa shape index (κ1) is 16.4. The van der Waals surface area contributed by atoms with Crippen molar-refractivity contribution in [1.29, 1.82) is 0 Å². The highest BCUT2D eigenvalue weighted by Gasteiger charge is 2.06. The van der Waals surface area contributed by atoms with Gasteiger partial charge in [-0.1, -0.05) is 25.9 Å². The quantitative estimate of drug-likeness (QED) is 0.596. The second-order valence-corrected chi connectivity index (χ2v) is 5.05. The molecule has 7 heteroatoms. The van der Waals surface area contributed by atoms with Crippen LogP contribution in [0, 0.1) is 5.92 Å². The zero-order valence-electron chi connectivity index (χ0n) is 12.5. The van der Waals surface area contributed by atoms with Crippen molar-refractivity contribution in [3.8, 4) is 0 Å². The lowest BCUT2D eigenvalue weighted by molar-refractivity contribution is -0.120. The van der Waals surface area contributed by atoms with Crippen molar-refractivity contribution < 1.29 is 9.21 Å². The number of carbonyl (C=O) groups excluding carboxylic acids is 1. The predicted octanol–water partition coefficient (Wildman–Crippen LogP) is 1.14. The molecule has 0 unspecified atom stereocenters. The Labute approximate surface area is 119 Å². The van der Waals surface area contributed by atoms with E-state index in [0.29, 0.717) is 43.9 Å². The third kappa shape index (κ3) is 7.08. The van der Waals surface area contributed by atoms with Crippen molar-refractivity contribution in [2.45, 2.75) is 40.2 Å². The molecule has 0 fully saturated rings. The fourth-order valence-electron chi connectivity index (χ4n) is 1.50. The van der Waals surface area contributed by atoms with Gasteiger partial charge in [-0.15, -0.1) is 5.10 Å². The highest BCUT2D eigenvalue weighted by molar-refractivity contribution is 5.76. The third-order valence-electron chi connectivity index (χ3n) is 2.50. The van der Waals surface area contributed by atoms with E-state index in [4.69, 9.17) is 4.42 Å². The molecular weight excluding hydrogens is 258 g/mol. The Bertz CT molecular complexity index is 392. The summed E-state index contributed by atoms with van der Waals surface area (Å²) in [5, 5.41) is 16.8. The van der Waals surface area contributed by atoms with E-state index in [9.17, 15) is 4.79 Å². The first-order valence-corrected chi connectivity index (χ1v) is 7.15. The SMILES string of the molecule is CCCNC(=O)CCNc1nnc(CNCC(C)C)o1. The van der Waals surface area contributed by atoms with Gasteiger partial charge >= 0.3 is 6.01 Å². The smallest absolute Gasteiger partial charge is 0.315 e. The molecule has 0 aliphatic carbocycles. The molecule has 0 aliphatic heterocycles. The molecule has 0 aromatic carbocycles. The fraction of sp³-hybridized carbons (Fsp3) is 0.769. The molecule has 0 bridgehead atoms. The van der Waals surface area contributed by atoms with Crippen LogP contribution in [0.25, 0.3) is 0 Å². The van der Waals surface area contributed by atoms with E-state index in [1.807, 2.05) is 6.92 Å². The topological polar surface area (TPSA) is 92.1 Å². The van der Waals surface area contributed by atoms with Crippen LogP contribution in [0.15, 0.2) is 4.42 Å². The van der Waals surface area contributed by atoms with E-state index in [1.165, 1.54) is 0 Å². The normalized spacial score (nSPS) is 10.8. The molecule has 7 nitrogen and oxygen atoms in total. The van der Waals surface area contributed by atoms with Crippen molar-refractivity contribution in [1.82, 2.24) is 20.8 Å². The summed E-state index contributed by atoms with van der Waals surface area (Å²) in [6, 6.07) is 0.356. The number of nitrogens with one attached hydrogen (secondary N) is 3. The molecule has 0 atom stereocenters. The van der Waals surface area contributed by atoms with E-state index < -0.39 is 0 Å². The Hall–Kier alpha value is -1.63. The van der Waals surface area contributed by atoms with Gasteiger partial charge in [-0.2, -0.15) is 0 Å². The predicted molar refractivity (Wildman–Crippen MR) is 77.3 cm³/mol. The summed E-state index contributed by atoms with van der Waals surface area (Å²) in [5.41, 5.74) is 0. The molecule has 1 rings (SSSR count). The van der Waals surface area contributed by atoms with E-state index in [2.05, 4.69) is 40.0 Å². The van der Waals surface area contributed by atoms with Gasteiger partial charge in [-0.3, -0.25) is 4.79 Å². The summed E-state index contributed by atoms with van der Waals surface area (Å²) in [7, 11) is 0. The monoisotopic (exact) mass is 283 g/mol. The minimum Gasteiger partial charge on any atom is -0.407 e. The molecule has 1 heterocycles. The van der Waals surface area contributed by atoms with Crippen LogP contribution in [-0.2, 0) is 11.3 Å². The van der Waals surface area contributed by atoms with Gasteiger partial charge in [-0.25, -0.2) is 0 Å². The molecule has 0 saturated heterocycles. The summed E-state index contributed by atoms with van der Waals surface area (Å²) >= 11 is 0. The average Bonchev–Trinajstić information content (AvgIpc) is 2.84. The van der Waals surface area contributed by atoms with E-state index >= 15 is 0 Å². The number of amides is 1. The number of hydrogen-bond acceptors (Lipinski definition) is 6. The Morgan fingerprint density at radius 1 is 1.30 bits per heavy atom. The second kappa shape index (κ2) is 9.30. The van der Waals surface area contributed by atoms with Gasteiger partial charge in [0.05, 0.1) is 6.54 Å². The maximum atomic E-state index is 11.4. The van der Waals surface area contributed by atoms with Crippen LogP contribution < -0.4 is 16.0 Å². The molecule has 0 radical (unpaired) electrons. The summed E-state index contributed by atoms with van der Waals surface area (Å²) in [5.74, 6) is 1.15. The standard InChI is InChI=1S/C13H25N5O2/c1-4-6-15-11(19)5-7-16-13-18-17-12(20-13)9-14-8-10(2)3/h10,14H,4-9H2,1-3H3,(H,15,19)(H,16,18). The fourth-order valence-corrected chi connectivity index (χ4v) is 1.50. The van der Waals surface area contributed by atoms with Crippen LogP contribution in [0.3, 0.4) is 0 Å². The maximum Gasteiger partial charge on any atom is 0.315 e. The van der Waals surface area contributed by atoms with Gasteiger partial charge in [0.15, 0.2) is 0 Å². The zero-order chi connectivity index (χ0) is 14.8. The first-order valence-electron chi connectivity index (χ1n) is 7.15. The molecule has 0 saturated carbocycles. The van der Waals surface area contributed by atoms with E-state index in [0.717, 1.165) is 13.0 Å². The minimum absolute atomic E-state index is 0.0256. The van der Waals surface area contributed by atoms with Gasteiger partial charge in [-0.05, 0) is 18.9 Å².